The summed E-state index contributed by atoms with van der Waals surface area (Å²) in [5, 5.41) is 3.07. The van der Waals surface area contributed by atoms with Crippen LogP contribution in [0.4, 0.5) is 0 Å². The third-order valence-corrected chi connectivity index (χ3v) is 5.71. The molecule has 0 aromatic heterocycles. The number of nitrogens with one attached hydrogen (secondary N) is 1. The molecule has 0 bridgehead atoms. The van der Waals surface area contributed by atoms with E-state index in [1.54, 1.807) is 21.3 Å². The zero-order valence-corrected chi connectivity index (χ0v) is 18.1. The Morgan fingerprint density at radius 2 is 1.60 bits per heavy atom. The molecule has 0 atom stereocenters. The molecule has 2 aromatic rings. The molecule has 0 unspecified atom stereocenters. The monoisotopic (exact) mass is 412 g/mol. The van der Waals surface area contributed by atoms with Crippen LogP contribution in [0.15, 0.2) is 42.5 Å². The fourth-order valence-corrected chi connectivity index (χ4v) is 3.92. The number of ether oxygens (including phenoxy) is 3. The Kier molecular flexibility index (Phi) is 7.97. The van der Waals surface area contributed by atoms with Gasteiger partial charge in [-0.1, -0.05) is 30.3 Å². The Bertz CT molecular complexity index is 792. The highest BCUT2D eigenvalue weighted by Gasteiger charge is 2.24. The molecule has 0 radical (unpaired) electrons. The molecule has 1 fully saturated rings. The standard InChI is InChI=1S/C24H32N2O4/c1-28-21-15-19(16-22(29-2)23(21)30-3)17-25-24(27)20-10-13-26(14-11-20)12-9-18-7-5-4-6-8-18/h4-8,15-16,20H,9-14,17H2,1-3H3,(H,25,27). The first-order chi connectivity index (χ1) is 14.6. The molecule has 0 aliphatic carbocycles. The number of nitrogens with zero attached hydrogens (tertiary/aromatic N) is 1. The van der Waals surface area contributed by atoms with Crippen LogP contribution in [0.25, 0.3) is 0 Å². The van der Waals surface area contributed by atoms with Gasteiger partial charge in [-0.3, -0.25) is 4.79 Å². The average Bonchev–Trinajstić information content (AvgIpc) is 2.81. The van der Waals surface area contributed by atoms with Crippen molar-refractivity contribution in [3.63, 3.8) is 0 Å². The number of hydrogen-bond acceptors (Lipinski definition) is 5. The summed E-state index contributed by atoms with van der Waals surface area (Å²) in [7, 11) is 4.75. The lowest BCUT2D eigenvalue weighted by atomic mass is 9.95. The van der Waals surface area contributed by atoms with Crippen LogP contribution < -0.4 is 19.5 Å². The van der Waals surface area contributed by atoms with E-state index in [0.29, 0.717) is 23.8 Å². The zero-order valence-electron chi connectivity index (χ0n) is 18.1. The minimum atomic E-state index is 0.0695. The van der Waals surface area contributed by atoms with Crippen LogP contribution in [0.2, 0.25) is 0 Å². The minimum absolute atomic E-state index is 0.0695. The summed E-state index contributed by atoms with van der Waals surface area (Å²) < 4.78 is 16.1. The van der Waals surface area contributed by atoms with E-state index in [1.807, 2.05) is 18.2 Å². The fourth-order valence-electron chi connectivity index (χ4n) is 3.92. The molecule has 1 N–H and O–H groups in total. The lowest BCUT2D eigenvalue weighted by molar-refractivity contribution is -0.126. The summed E-state index contributed by atoms with van der Waals surface area (Å²) >= 11 is 0. The van der Waals surface area contributed by atoms with Gasteiger partial charge < -0.3 is 24.4 Å². The second-order valence-corrected chi connectivity index (χ2v) is 7.60. The van der Waals surface area contributed by atoms with E-state index in [9.17, 15) is 4.79 Å². The number of methoxy groups -OCH3 is 3. The number of carbonyl (C=O) groups excluding carboxylic acids is 1. The van der Waals surface area contributed by atoms with Crippen molar-refractivity contribution >= 4 is 5.91 Å². The number of likely N-dealkylation sites (tertiary alicyclic amines) is 1. The van der Waals surface area contributed by atoms with Crippen molar-refractivity contribution in [1.82, 2.24) is 10.2 Å². The molecule has 1 aliphatic rings. The first-order valence-corrected chi connectivity index (χ1v) is 10.5. The molecule has 0 saturated carbocycles. The van der Waals surface area contributed by atoms with E-state index in [-0.39, 0.29) is 11.8 Å². The Morgan fingerprint density at radius 1 is 0.967 bits per heavy atom. The highest BCUT2D eigenvalue weighted by atomic mass is 16.5. The number of piperidine rings is 1. The summed E-state index contributed by atoms with van der Waals surface area (Å²) in [6.45, 7) is 3.41. The van der Waals surface area contributed by atoms with Crippen LogP contribution in [0.5, 0.6) is 17.2 Å². The van der Waals surface area contributed by atoms with Crippen molar-refractivity contribution < 1.29 is 19.0 Å². The maximum Gasteiger partial charge on any atom is 0.223 e. The predicted molar refractivity (Wildman–Crippen MR) is 117 cm³/mol. The van der Waals surface area contributed by atoms with Gasteiger partial charge in [0.1, 0.15) is 0 Å². The fraction of sp³-hybridized carbons (Fsp3) is 0.458. The Morgan fingerprint density at radius 3 is 2.17 bits per heavy atom. The van der Waals surface area contributed by atoms with Crippen LogP contribution in [0.1, 0.15) is 24.0 Å². The molecule has 162 valence electrons. The van der Waals surface area contributed by atoms with Gasteiger partial charge in [0, 0.05) is 19.0 Å². The van der Waals surface area contributed by atoms with Gasteiger partial charge in [-0.05, 0) is 55.6 Å². The average molecular weight is 413 g/mol. The largest absolute Gasteiger partial charge is 0.493 e. The maximum absolute atomic E-state index is 12.7. The van der Waals surface area contributed by atoms with E-state index < -0.39 is 0 Å². The van der Waals surface area contributed by atoms with E-state index in [1.165, 1.54) is 5.56 Å². The molecule has 2 aromatic carbocycles. The van der Waals surface area contributed by atoms with Crippen molar-refractivity contribution in [1.29, 1.82) is 0 Å². The zero-order chi connectivity index (χ0) is 21.3. The third-order valence-electron chi connectivity index (χ3n) is 5.71. The highest BCUT2D eigenvalue weighted by molar-refractivity contribution is 5.78. The van der Waals surface area contributed by atoms with Crippen LogP contribution in [0, 0.1) is 5.92 Å². The van der Waals surface area contributed by atoms with Crippen molar-refractivity contribution in [2.45, 2.75) is 25.8 Å². The van der Waals surface area contributed by atoms with Gasteiger partial charge in [-0.2, -0.15) is 0 Å². The lowest BCUT2D eigenvalue weighted by Gasteiger charge is -2.31. The van der Waals surface area contributed by atoms with Gasteiger partial charge in [0.25, 0.3) is 0 Å². The van der Waals surface area contributed by atoms with E-state index in [4.69, 9.17) is 14.2 Å². The first kappa shape index (κ1) is 22.0. The second kappa shape index (κ2) is 10.9. The molecule has 1 heterocycles. The number of benzene rings is 2. The lowest BCUT2D eigenvalue weighted by Crippen LogP contribution is -2.41. The molecule has 6 heteroatoms. The number of carbonyl (C=O) groups is 1. The maximum atomic E-state index is 12.7. The van der Waals surface area contributed by atoms with Crippen molar-refractivity contribution in [3.8, 4) is 17.2 Å². The van der Waals surface area contributed by atoms with Gasteiger partial charge in [0.05, 0.1) is 21.3 Å². The van der Waals surface area contributed by atoms with Crippen molar-refractivity contribution in [2.75, 3.05) is 41.0 Å². The van der Waals surface area contributed by atoms with E-state index in [0.717, 1.165) is 44.5 Å². The molecule has 0 spiro atoms. The molecule has 6 nitrogen and oxygen atoms in total. The molecule has 1 amide bonds. The summed E-state index contributed by atoms with van der Waals surface area (Å²) in [6, 6.07) is 14.3. The van der Waals surface area contributed by atoms with Gasteiger partial charge in [0.15, 0.2) is 11.5 Å². The van der Waals surface area contributed by atoms with Gasteiger partial charge in [-0.15, -0.1) is 0 Å². The van der Waals surface area contributed by atoms with Crippen LogP contribution in [-0.4, -0.2) is 51.8 Å². The Labute approximate surface area is 179 Å². The van der Waals surface area contributed by atoms with Crippen LogP contribution in [0.3, 0.4) is 0 Å². The molecule has 1 aliphatic heterocycles. The molecule has 30 heavy (non-hydrogen) atoms. The van der Waals surface area contributed by atoms with Gasteiger partial charge >= 0.3 is 0 Å². The minimum Gasteiger partial charge on any atom is -0.493 e. The topological polar surface area (TPSA) is 60.0 Å². The van der Waals surface area contributed by atoms with E-state index in [2.05, 4.69) is 34.5 Å². The third kappa shape index (κ3) is 5.66. The number of rotatable bonds is 9. The summed E-state index contributed by atoms with van der Waals surface area (Å²) in [4.78, 5) is 15.1. The first-order valence-electron chi connectivity index (χ1n) is 10.5. The summed E-state index contributed by atoms with van der Waals surface area (Å²) in [5.74, 6) is 1.92. The summed E-state index contributed by atoms with van der Waals surface area (Å²) in [6.07, 6.45) is 2.85. The molecular formula is C24H32N2O4. The molecular weight excluding hydrogens is 380 g/mol. The Hall–Kier alpha value is -2.73. The second-order valence-electron chi connectivity index (χ2n) is 7.60. The predicted octanol–water partition coefficient (Wildman–Crippen LogP) is 3.28. The smallest absolute Gasteiger partial charge is 0.223 e. The van der Waals surface area contributed by atoms with Crippen molar-refractivity contribution in [2.24, 2.45) is 5.92 Å². The normalized spacial score (nSPS) is 14.9. The van der Waals surface area contributed by atoms with Crippen LogP contribution in [-0.2, 0) is 17.8 Å². The van der Waals surface area contributed by atoms with Crippen LogP contribution >= 0.6 is 0 Å². The highest BCUT2D eigenvalue weighted by Crippen LogP contribution is 2.38. The Balaban J connectivity index is 1.47. The number of hydrogen-bond donors (Lipinski definition) is 1. The quantitative estimate of drug-likeness (QED) is 0.685. The van der Waals surface area contributed by atoms with Gasteiger partial charge in [0.2, 0.25) is 11.7 Å². The number of amides is 1. The van der Waals surface area contributed by atoms with Gasteiger partial charge in [-0.25, -0.2) is 0 Å². The summed E-state index contributed by atoms with van der Waals surface area (Å²) in [5.41, 5.74) is 2.28. The van der Waals surface area contributed by atoms with Crippen molar-refractivity contribution in [3.05, 3.63) is 53.6 Å². The SMILES string of the molecule is COc1cc(CNC(=O)C2CCN(CCc3ccccc3)CC2)cc(OC)c1OC. The molecule has 1 saturated heterocycles. The van der Waals surface area contributed by atoms with E-state index >= 15 is 0 Å². The molecule has 3 rings (SSSR count).